The number of hydrogen-bond acceptors (Lipinski definition) is 7. The summed E-state index contributed by atoms with van der Waals surface area (Å²) in [6.07, 6.45) is 2.19. The zero-order valence-electron chi connectivity index (χ0n) is 23.7. The Labute approximate surface area is 240 Å². The van der Waals surface area contributed by atoms with E-state index in [0.29, 0.717) is 38.0 Å². The molecule has 0 aromatic heterocycles. The number of benzene rings is 2. The van der Waals surface area contributed by atoms with Gasteiger partial charge in [0.2, 0.25) is 21.8 Å². The Morgan fingerprint density at radius 2 is 1.63 bits per heavy atom. The summed E-state index contributed by atoms with van der Waals surface area (Å²) in [4.78, 5) is 36.0. The number of sulfonamides is 1. The molecule has 0 bridgehead atoms. The predicted octanol–water partition coefficient (Wildman–Crippen LogP) is 3.27. The average molecular weight is 592 g/mol. The Bertz CT molecular complexity index is 1290. The number of esters is 1. The smallest absolute Gasteiger partial charge is 0.338 e. The van der Waals surface area contributed by atoms with Crippen LogP contribution in [0.4, 0.5) is 4.39 Å². The summed E-state index contributed by atoms with van der Waals surface area (Å²) in [5.74, 6) is -0.694. The van der Waals surface area contributed by atoms with Gasteiger partial charge >= 0.3 is 5.97 Å². The Morgan fingerprint density at radius 1 is 1.00 bits per heavy atom. The third-order valence-electron chi connectivity index (χ3n) is 6.87. The SMILES string of the molecule is CC(=O)NCCOC(=O)c1ccc(S(=O)(=O)N2CCC(NC(=O)C(C)(C)CCCOc3ccc(F)cc3)CC2)cc1. The van der Waals surface area contributed by atoms with Gasteiger partial charge in [-0.3, -0.25) is 9.59 Å². The van der Waals surface area contributed by atoms with Crippen molar-refractivity contribution in [3.63, 3.8) is 0 Å². The maximum absolute atomic E-state index is 13.1. The highest BCUT2D eigenvalue weighted by atomic mass is 32.2. The van der Waals surface area contributed by atoms with Gasteiger partial charge in [-0.25, -0.2) is 17.6 Å². The highest BCUT2D eigenvalue weighted by Crippen LogP contribution is 2.26. The van der Waals surface area contributed by atoms with Crippen LogP contribution in [0.1, 0.15) is 56.8 Å². The molecule has 0 unspecified atom stereocenters. The van der Waals surface area contributed by atoms with E-state index in [9.17, 15) is 27.2 Å². The van der Waals surface area contributed by atoms with E-state index < -0.39 is 21.4 Å². The standard InChI is InChI=1S/C29H38FN3O7S/c1-21(34)31-16-20-40-27(35)22-5-11-26(12-6-22)41(37,38)33-17-13-24(14-18-33)32-28(36)29(2,3)15-4-19-39-25-9-7-23(30)8-10-25/h5-12,24H,4,13-20H2,1-3H3,(H,31,34)(H,32,36). The van der Waals surface area contributed by atoms with E-state index in [1.165, 1.54) is 47.6 Å². The van der Waals surface area contributed by atoms with Crippen molar-refractivity contribution in [2.75, 3.05) is 32.8 Å². The Kier molecular flexibility index (Phi) is 11.2. The van der Waals surface area contributed by atoms with Gasteiger partial charge in [0.15, 0.2) is 0 Å². The summed E-state index contributed by atoms with van der Waals surface area (Å²) in [5, 5.41) is 5.58. The fraction of sp³-hybridized carbons (Fsp3) is 0.483. The quantitative estimate of drug-likeness (QED) is 0.270. The number of hydrogen-bond donors (Lipinski definition) is 2. The van der Waals surface area contributed by atoms with Crippen molar-refractivity contribution in [1.82, 2.24) is 14.9 Å². The monoisotopic (exact) mass is 591 g/mol. The van der Waals surface area contributed by atoms with Crippen molar-refractivity contribution in [3.8, 4) is 5.75 Å². The van der Waals surface area contributed by atoms with Crippen molar-refractivity contribution in [2.45, 2.75) is 57.4 Å². The summed E-state index contributed by atoms with van der Waals surface area (Å²) >= 11 is 0. The zero-order valence-corrected chi connectivity index (χ0v) is 24.5. The molecule has 1 saturated heterocycles. The molecule has 0 atom stereocenters. The second kappa shape index (κ2) is 14.4. The molecule has 2 N–H and O–H groups in total. The van der Waals surface area contributed by atoms with Crippen LogP contribution in [0.5, 0.6) is 5.75 Å². The number of halogens is 1. The lowest BCUT2D eigenvalue weighted by molar-refractivity contribution is -0.130. The van der Waals surface area contributed by atoms with Crippen LogP contribution in [-0.2, 0) is 24.3 Å². The number of ether oxygens (including phenoxy) is 2. The van der Waals surface area contributed by atoms with Gasteiger partial charge in [-0.15, -0.1) is 0 Å². The second-order valence-electron chi connectivity index (χ2n) is 10.6. The molecular weight excluding hydrogens is 553 g/mol. The van der Waals surface area contributed by atoms with Crippen LogP contribution in [0, 0.1) is 11.2 Å². The number of amides is 2. The summed E-state index contributed by atoms with van der Waals surface area (Å²) in [6, 6.07) is 11.2. The molecule has 1 fully saturated rings. The summed E-state index contributed by atoms with van der Waals surface area (Å²) < 4.78 is 51.4. The van der Waals surface area contributed by atoms with Gasteiger partial charge < -0.3 is 20.1 Å². The molecule has 10 nitrogen and oxygen atoms in total. The van der Waals surface area contributed by atoms with E-state index in [0.717, 1.165) is 0 Å². The number of carbonyl (C=O) groups is 3. The maximum atomic E-state index is 13.1. The predicted molar refractivity (Wildman–Crippen MR) is 150 cm³/mol. The number of nitrogens with zero attached hydrogens (tertiary/aromatic N) is 1. The second-order valence-corrected chi connectivity index (χ2v) is 12.5. The molecule has 224 valence electrons. The molecule has 2 amide bonds. The zero-order chi connectivity index (χ0) is 30.0. The molecule has 0 saturated carbocycles. The van der Waals surface area contributed by atoms with Gasteiger partial charge in [-0.2, -0.15) is 4.31 Å². The van der Waals surface area contributed by atoms with Crippen LogP contribution in [0.25, 0.3) is 0 Å². The van der Waals surface area contributed by atoms with Gasteiger partial charge in [0.1, 0.15) is 18.2 Å². The first-order valence-electron chi connectivity index (χ1n) is 13.6. The molecule has 1 aliphatic rings. The Hall–Kier alpha value is -3.51. The third kappa shape index (κ3) is 9.53. The van der Waals surface area contributed by atoms with Crippen LogP contribution in [0.2, 0.25) is 0 Å². The van der Waals surface area contributed by atoms with Crippen LogP contribution in [-0.4, -0.2) is 69.4 Å². The van der Waals surface area contributed by atoms with E-state index in [4.69, 9.17) is 9.47 Å². The molecule has 1 heterocycles. The maximum Gasteiger partial charge on any atom is 0.338 e. The van der Waals surface area contributed by atoms with Crippen LogP contribution in [0.3, 0.4) is 0 Å². The molecule has 41 heavy (non-hydrogen) atoms. The number of piperidine rings is 1. The fourth-order valence-corrected chi connectivity index (χ4v) is 5.81. The lowest BCUT2D eigenvalue weighted by atomic mass is 9.86. The number of carbonyl (C=O) groups excluding carboxylic acids is 3. The van der Waals surface area contributed by atoms with Crippen molar-refractivity contribution < 1.29 is 36.7 Å². The van der Waals surface area contributed by atoms with E-state index in [-0.39, 0.29) is 60.4 Å². The first kappa shape index (κ1) is 32.0. The molecule has 2 aromatic rings. The van der Waals surface area contributed by atoms with Crippen molar-refractivity contribution >= 4 is 27.8 Å². The molecule has 2 aromatic carbocycles. The number of rotatable bonds is 13. The molecule has 12 heteroatoms. The van der Waals surface area contributed by atoms with Gasteiger partial charge in [0.05, 0.1) is 23.6 Å². The summed E-state index contributed by atoms with van der Waals surface area (Å²) in [6.45, 7) is 6.20. The normalized spacial score (nSPS) is 14.7. The lowest BCUT2D eigenvalue weighted by Gasteiger charge is -2.33. The van der Waals surface area contributed by atoms with Gasteiger partial charge in [-0.05, 0) is 74.2 Å². The van der Waals surface area contributed by atoms with Crippen LogP contribution < -0.4 is 15.4 Å². The minimum absolute atomic E-state index is 0.00701. The fourth-order valence-electron chi connectivity index (χ4n) is 4.34. The van der Waals surface area contributed by atoms with Gasteiger partial charge in [0, 0.05) is 31.5 Å². The van der Waals surface area contributed by atoms with Gasteiger partial charge in [-0.1, -0.05) is 13.8 Å². The summed E-state index contributed by atoms with van der Waals surface area (Å²) in [5.41, 5.74) is -0.430. The third-order valence-corrected chi connectivity index (χ3v) is 8.78. The first-order valence-corrected chi connectivity index (χ1v) is 15.0. The van der Waals surface area contributed by atoms with Crippen molar-refractivity contribution in [3.05, 3.63) is 59.9 Å². The molecule has 1 aliphatic heterocycles. The molecular formula is C29H38FN3O7S. The van der Waals surface area contributed by atoms with E-state index in [2.05, 4.69) is 10.6 Å². The summed E-state index contributed by atoms with van der Waals surface area (Å²) in [7, 11) is -3.77. The minimum atomic E-state index is -3.77. The highest BCUT2D eigenvalue weighted by Gasteiger charge is 2.33. The van der Waals surface area contributed by atoms with Gasteiger partial charge in [0.25, 0.3) is 0 Å². The minimum Gasteiger partial charge on any atom is -0.494 e. The molecule has 0 aliphatic carbocycles. The Balaban J connectivity index is 1.43. The largest absolute Gasteiger partial charge is 0.494 e. The van der Waals surface area contributed by atoms with Crippen LogP contribution in [0.15, 0.2) is 53.4 Å². The lowest BCUT2D eigenvalue weighted by Crippen LogP contribution is -2.49. The highest BCUT2D eigenvalue weighted by molar-refractivity contribution is 7.89. The topological polar surface area (TPSA) is 131 Å². The first-order chi connectivity index (χ1) is 19.4. The average Bonchev–Trinajstić information content (AvgIpc) is 2.94. The molecule has 3 rings (SSSR count). The van der Waals surface area contributed by atoms with Crippen molar-refractivity contribution in [1.29, 1.82) is 0 Å². The van der Waals surface area contributed by atoms with Crippen molar-refractivity contribution in [2.24, 2.45) is 5.41 Å². The number of nitrogens with one attached hydrogen (secondary N) is 2. The van der Waals surface area contributed by atoms with E-state index in [1.54, 1.807) is 12.1 Å². The van der Waals surface area contributed by atoms with E-state index >= 15 is 0 Å². The van der Waals surface area contributed by atoms with E-state index in [1.807, 2.05) is 13.8 Å². The Morgan fingerprint density at radius 3 is 2.24 bits per heavy atom. The molecule has 0 radical (unpaired) electrons. The molecule has 0 spiro atoms. The van der Waals surface area contributed by atoms with Crippen LogP contribution >= 0.6 is 0 Å².